The molecule has 0 radical (unpaired) electrons. The summed E-state index contributed by atoms with van der Waals surface area (Å²) in [6, 6.07) is 15.4. The number of piperidine rings is 1. The van der Waals surface area contributed by atoms with E-state index >= 15 is 0 Å². The van der Waals surface area contributed by atoms with Gasteiger partial charge in [0.2, 0.25) is 0 Å². The number of nitrogens with zero attached hydrogens (tertiary/aromatic N) is 2. The summed E-state index contributed by atoms with van der Waals surface area (Å²) in [6.45, 7) is 8.20. The van der Waals surface area contributed by atoms with E-state index in [1.165, 1.54) is 0 Å². The number of rotatable bonds is 7. The predicted octanol–water partition coefficient (Wildman–Crippen LogP) is 6.00. The summed E-state index contributed by atoms with van der Waals surface area (Å²) in [4.78, 5) is 26.6. The maximum Gasteiger partial charge on any atom is 0.410 e. The average Bonchev–Trinajstić information content (AvgIpc) is 2.81. The Labute approximate surface area is 212 Å². The number of nitrogens with one attached hydrogen (secondary N) is 1. The molecule has 2 amide bonds. The topological polar surface area (TPSA) is 61.9 Å². The maximum absolute atomic E-state index is 12.7. The number of halogens is 1. The molecule has 1 aliphatic rings. The fourth-order valence-electron chi connectivity index (χ4n) is 3.81. The van der Waals surface area contributed by atoms with Crippen LogP contribution in [0.25, 0.3) is 0 Å². The zero-order chi connectivity index (χ0) is 24.7. The molecule has 0 bridgehead atoms. The van der Waals surface area contributed by atoms with Gasteiger partial charge in [0, 0.05) is 42.2 Å². The molecule has 0 aliphatic carbocycles. The van der Waals surface area contributed by atoms with Crippen molar-refractivity contribution in [3.63, 3.8) is 0 Å². The molecule has 8 heteroatoms. The number of carbonyl (C=O) groups is 2. The first-order valence-electron chi connectivity index (χ1n) is 11.6. The highest BCUT2D eigenvalue weighted by molar-refractivity contribution is 7.99. The van der Waals surface area contributed by atoms with Crippen molar-refractivity contribution in [2.45, 2.75) is 45.8 Å². The summed E-state index contributed by atoms with van der Waals surface area (Å²) in [5, 5.41) is 3.80. The largest absolute Gasteiger partial charge is 0.444 e. The first-order chi connectivity index (χ1) is 16.2. The third-order valence-electron chi connectivity index (χ3n) is 5.73. The summed E-state index contributed by atoms with van der Waals surface area (Å²) in [7, 11) is 0. The van der Waals surface area contributed by atoms with Crippen LogP contribution in [0.15, 0.2) is 48.5 Å². The second kappa shape index (κ2) is 11.8. The number of likely N-dealkylation sites (tertiary alicyclic amines) is 1. The normalized spacial score (nSPS) is 14.6. The van der Waals surface area contributed by atoms with Crippen molar-refractivity contribution in [3.05, 3.63) is 64.7 Å². The van der Waals surface area contributed by atoms with Crippen molar-refractivity contribution in [1.82, 2.24) is 10.2 Å². The Morgan fingerprint density at radius 3 is 2.35 bits per heavy atom. The SMILES string of the molecule is CSN(Cc1ccccc1Cl)c1ccc(C(=O)NCC2CCN(C(=O)OC(C)(C)C)CC2)cc1. The van der Waals surface area contributed by atoms with E-state index in [0.717, 1.165) is 29.1 Å². The van der Waals surface area contributed by atoms with Crippen LogP contribution < -0.4 is 9.62 Å². The van der Waals surface area contributed by atoms with Gasteiger partial charge in [-0.1, -0.05) is 41.7 Å². The Bertz CT molecular complexity index is 970. The van der Waals surface area contributed by atoms with E-state index in [1.807, 2.05) is 75.6 Å². The van der Waals surface area contributed by atoms with Crippen LogP contribution in [-0.2, 0) is 11.3 Å². The number of ether oxygens (including phenoxy) is 1. The van der Waals surface area contributed by atoms with E-state index in [-0.39, 0.29) is 12.0 Å². The molecule has 2 aromatic carbocycles. The highest BCUT2D eigenvalue weighted by Crippen LogP contribution is 2.27. The van der Waals surface area contributed by atoms with Crippen molar-refractivity contribution in [2.24, 2.45) is 5.92 Å². The quantitative estimate of drug-likeness (QED) is 0.469. The Hall–Kier alpha value is -2.38. The summed E-state index contributed by atoms with van der Waals surface area (Å²) < 4.78 is 7.59. The molecule has 1 aliphatic heterocycles. The van der Waals surface area contributed by atoms with Crippen LogP contribution in [0.1, 0.15) is 49.5 Å². The minimum absolute atomic E-state index is 0.0806. The third-order valence-corrected chi connectivity index (χ3v) is 6.88. The van der Waals surface area contributed by atoms with Crippen molar-refractivity contribution in [2.75, 3.05) is 30.2 Å². The molecule has 0 spiro atoms. The van der Waals surface area contributed by atoms with Gasteiger partial charge in [-0.2, -0.15) is 0 Å². The lowest BCUT2D eigenvalue weighted by molar-refractivity contribution is 0.0183. The molecule has 0 saturated carbocycles. The number of benzene rings is 2. The lowest BCUT2D eigenvalue weighted by atomic mass is 9.97. The van der Waals surface area contributed by atoms with Gasteiger partial charge in [0.1, 0.15) is 5.60 Å². The standard InChI is InChI=1S/C26H34ClN3O3S/c1-26(2,3)33-25(32)29-15-13-19(14-16-29)17-28-24(31)20-9-11-22(12-10-20)30(34-4)18-21-7-5-6-8-23(21)27/h5-12,19H,13-18H2,1-4H3,(H,28,31). The molecule has 0 unspecified atom stereocenters. The number of amides is 2. The van der Waals surface area contributed by atoms with Gasteiger partial charge < -0.3 is 19.3 Å². The molecule has 1 fully saturated rings. The Morgan fingerprint density at radius 2 is 1.76 bits per heavy atom. The van der Waals surface area contributed by atoms with Crippen molar-refractivity contribution in [1.29, 1.82) is 0 Å². The lowest BCUT2D eigenvalue weighted by Gasteiger charge is -2.33. The molecule has 2 aromatic rings. The van der Waals surface area contributed by atoms with Crippen LogP contribution in [-0.4, -0.2) is 48.4 Å². The van der Waals surface area contributed by atoms with E-state index in [1.54, 1.807) is 16.8 Å². The zero-order valence-electron chi connectivity index (χ0n) is 20.3. The average molecular weight is 504 g/mol. The number of carbonyl (C=O) groups excluding carboxylic acids is 2. The fraction of sp³-hybridized carbons (Fsp3) is 0.462. The summed E-state index contributed by atoms with van der Waals surface area (Å²) in [5.74, 6) is 0.271. The summed E-state index contributed by atoms with van der Waals surface area (Å²) in [5.41, 5.74) is 2.21. The minimum atomic E-state index is -0.487. The van der Waals surface area contributed by atoms with E-state index in [4.69, 9.17) is 16.3 Å². The molecule has 6 nitrogen and oxygen atoms in total. The van der Waals surface area contributed by atoms with Crippen molar-refractivity contribution in [3.8, 4) is 0 Å². The lowest BCUT2D eigenvalue weighted by Crippen LogP contribution is -2.43. The molecular weight excluding hydrogens is 470 g/mol. The fourth-order valence-corrected chi connectivity index (χ4v) is 4.60. The van der Waals surface area contributed by atoms with Crippen LogP contribution in [0.3, 0.4) is 0 Å². The van der Waals surface area contributed by atoms with E-state index in [9.17, 15) is 9.59 Å². The highest BCUT2D eigenvalue weighted by atomic mass is 35.5. The second-order valence-electron chi connectivity index (χ2n) is 9.48. The Balaban J connectivity index is 1.48. The molecule has 184 valence electrons. The van der Waals surface area contributed by atoms with Gasteiger partial charge in [-0.25, -0.2) is 4.79 Å². The van der Waals surface area contributed by atoms with Gasteiger partial charge in [0.05, 0.1) is 6.54 Å². The van der Waals surface area contributed by atoms with Gasteiger partial charge in [-0.05, 0) is 75.4 Å². The van der Waals surface area contributed by atoms with E-state index in [0.29, 0.717) is 37.7 Å². The molecule has 1 heterocycles. The second-order valence-corrected chi connectivity index (χ2v) is 10.7. The zero-order valence-corrected chi connectivity index (χ0v) is 21.9. The van der Waals surface area contributed by atoms with Gasteiger partial charge in [0.15, 0.2) is 0 Å². The Kier molecular flexibility index (Phi) is 9.14. The third kappa shape index (κ3) is 7.57. The minimum Gasteiger partial charge on any atom is -0.444 e. The van der Waals surface area contributed by atoms with Crippen LogP contribution in [0.4, 0.5) is 10.5 Å². The smallest absolute Gasteiger partial charge is 0.410 e. The van der Waals surface area contributed by atoms with Gasteiger partial charge >= 0.3 is 6.09 Å². The van der Waals surface area contributed by atoms with Crippen molar-refractivity contribution < 1.29 is 14.3 Å². The molecule has 0 atom stereocenters. The monoisotopic (exact) mass is 503 g/mol. The van der Waals surface area contributed by atoms with Gasteiger partial charge in [-0.3, -0.25) is 4.79 Å². The number of anilines is 1. The van der Waals surface area contributed by atoms with Crippen molar-refractivity contribution >= 4 is 41.2 Å². The van der Waals surface area contributed by atoms with E-state index < -0.39 is 5.60 Å². The van der Waals surface area contributed by atoms with Gasteiger partial charge in [0.25, 0.3) is 5.91 Å². The van der Waals surface area contributed by atoms with Gasteiger partial charge in [-0.15, -0.1) is 0 Å². The summed E-state index contributed by atoms with van der Waals surface area (Å²) in [6.07, 6.45) is 3.46. The Morgan fingerprint density at radius 1 is 1.12 bits per heavy atom. The number of hydrogen-bond acceptors (Lipinski definition) is 5. The van der Waals surface area contributed by atoms with Crippen LogP contribution >= 0.6 is 23.5 Å². The van der Waals surface area contributed by atoms with Crippen LogP contribution in [0.2, 0.25) is 5.02 Å². The first-order valence-corrected chi connectivity index (χ1v) is 13.1. The highest BCUT2D eigenvalue weighted by Gasteiger charge is 2.27. The predicted molar refractivity (Wildman–Crippen MR) is 140 cm³/mol. The molecule has 1 N–H and O–H groups in total. The van der Waals surface area contributed by atoms with Crippen LogP contribution in [0, 0.1) is 5.92 Å². The first kappa shape index (κ1) is 26.2. The molecule has 34 heavy (non-hydrogen) atoms. The van der Waals surface area contributed by atoms with Crippen LogP contribution in [0.5, 0.6) is 0 Å². The molecule has 1 saturated heterocycles. The number of hydrogen-bond donors (Lipinski definition) is 1. The molecule has 3 rings (SSSR count). The molecule has 0 aromatic heterocycles. The molecular formula is C26H34ClN3O3S. The maximum atomic E-state index is 12.7. The van der Waals surface area contributed by atoms with E-state index in [2.05, 4.69) is 9.62 Å². The summed E-state index contributed by atoms with van der Waals surface area (Å²) >= 11 is 7.92.